The zero-order valence-electron chi connectivity index (χ0n) is 13.9. The summed E-state index contributed by atoms with van der Waals surface area (Å²) in [5.41, 5.74) is 2.94. The third-order valence-corrected chi connectivity index (χ3v) is 6.06. The van der Waals surface area contributed by atoms with Crippen LogP contribution in [0.2, 0.25) is 0 Å². The Morgan fingerprint density at radius 1 is 1.04 bits per heavy atom. The summed E-state index contributed by atoms with van der Waals surface area (Å²) >= 11 is 1.84. The van der Waals surface area contributed by atoms with Gasteiger partial charge in [-0.25, -0.2) is 9.97 Å². The molecule has 1 atom stereocenters. The van der Waals surface area contributed by atoms with Crippen LogP contribution in [-0.2, 0) is 6.54 Å². The van der Waals surface area contributed by atoms with Crippen LogP contribution in [0.5, 0.6) is 0 Å². The van der Waals surface area contributed by atoms with Crippen molar-refractivity contribution in [1.29, 1.82) is 0 Å². The molecular weight excluding hydrogens is 330 g/mol. The molecule has 126 valence electrons. The fourth-order valence-corrected chi connectivity index (χ4v) is 4.74. The number of nitrogens with zero attached hydrogens (tertiary/aromatic N) is 3. The van der Waals surface area contributed by atoms with E-state index < -0.39 is 0 Å². The maximum atomic E-state index is 5.89. The van der Waals surface area contributed by atoms with Crippen molar-refractivity contribution in [1.82, 2.24) is 14.9 Å². The number of oxazole rings is 1. The highest BCUT2D eigenvalue weighted by molar-refractivity contribution is 7.18. The molecule has 0 bridgehead atoms. The molecule has 0 aliphatic carbocycles. The molecule has 2 aromatic carbocycles. The molecular formula is C20H19N3OS. The van der Waals surface area contributed by atoms with E-state index in [1.54, 1.807) is 0 Å². The predicted molar refractivity (Wildman–Crippen MR) is 101 cm³/mol. The van der Waals surface area contributed by atoms with Crippen LogP contribution >= 0.6 is 11.3 Å². The standard InChI is InChI=1S/C20H19N3OS/c1-3-9-17-15(7-1)21-19(24-17)13-23-11-5-6-14(12-23)20-22-16-8-2-4-10-18(16)25-20/h1-4,7-10,14H,5-6,11-13H2. The Balaban J connectivity index is 1.35. The van der Waals surface area contributed by atoms with Crippen LogP contribution in [0.15, 0.2) is 52.9 Å². The minimum absolute atomic E-state index is 0.510. The zero-order chi connectivity index (χ0) is 16.6. The van der Waals surface area contributed by atoms with Gasteiger partial charge in [0, 0.05) is 12.5 Å². The second-order valence-corrected chi connectivity index (χ2v) is 7.73. The molecule has 1 aliphatic heterocycles. The molecule has 5 heteroatoms. The van der Waals surface area contributed by atoms with Crippen molar-refractivity contribution in [3.05, 3.63) is 59.4 Å². The number of aromatic nitrogens is 2. The van der Waals surface area contributed by atoms with Gasteiger partial charge in [-0.3, -0.25) is 4.90 Å². The van der Waals surface area contributed by atoms with Gasteiger partial charge in [0.2, 0.25) is 5.89 Å². The van der Waals surface area contributed by atoms with E-state index in [2.05, 4.69) is 34.1 Å². The summed E-state index contributed by atoms with van der Waals surface area (Å²) in [6.07, 6.45) is 2.41. The van der Waals surface area contributed by atoms with E-state index in [1.807, 2.05) is 35.6 Å². The number of benzene rings is 2. The van der Waals surface area contributed by atoms with Crippen LogP contribution in [0.3, 0.4) is 0 Å². The molecule has 1 saturated heterocycles. The van der Waals surface area contributed by atoms with Gasteiger partial charge in [0.25, 0.3) is 0 Å². The second kappa shape index (κ2) is 6.24. The molecule has 4 nitrogen and oxygen atoms in total. The average Bonchev–Trinajstić information content (AvgIpc) is 3.25. The Hall–Kier alpha value is -2.24. The Bertz CT molecular complexity index is 956. The summed E-state index contributed by atoms with van der Waals surface area (Å²) in [4.78, 5) is 11.9. The van der Waals surface area contributed by atoms with Gasteiger partial charge in [0.1, 0.15) is 5.52 Å². The molecule has 4 aromatic rings. The maximum absolute atomic E-state index is 5.89. The number of fused-ring (bicyclic) bond motifs is 2. The first-order valence-electron chi connectivity index (χ1n) is 8.77. The topological polar surface area (TPSA) is 42.2 Å². The minimum atomic E-state index is 0.510. The lowest BCUT2D eigenvalue weighted by Crippen LogP contribution is -2.33. The quantitative estimate of drug-likeness (QED) is 0.532. The fraction of sp³-hybridized carbons (Fsp3) is 0.300. The maximum Gasteiger partial charge on any atom is 0.209 e. The smallest absolute Gasteiger partial charge is 0.209 e. The number of para-hydroxylation sites is 3. The zero-order valence-corrected chi connectivity index (χ0v) is 14.7. The summed E-state index contributed by atoms with van der Waals surface area (Å²) in [5.74, 6) is 1.32. The van der Waals surface area contributed by atoms with E-state index in [9.17, 15) is 0 Å². The van der Waals surface area contributed by atoms with Gasteiger partial charge in [-0.2, -0.15) is 0 Å². The molecule has 1 fully saturated rings. The summed E-state index contributed by atoms with van der Waals surface area (Å²) < 4.78 is 7.18. The molecule has 0 saturated carbocycles. The first kappa shape index (κ1) is 15.0. The Morgan fingerprint density at radius 2 is 1.88 bits per heavy atom. The number of hydrogen-bond acceptors (Lipinski definition) is 5. The number of piperidine rings is 1. The molecule has 0 spiro atoms. The van der Waals surface area contributed by atoms with E-state index in [-0.39, 0.29) is 0 Å². The van der Waals surface area contributed by atoms with Gasteiger partial charge < -0.3 is 4.42 Å². The van der Waals surface area contributed by atoms with Crippen molar-refractivity contribution >= 4 is 32.7 Å². The predicted octanol–water partition coefficient (Wildman–Crippen LogP) is 4.82. The van der Waals surface area contributed by atoms with Crippen LogP contribution < -0.4 is 0 Å². The van der Waals surface area contributed by atoms with E-state index in [1.165, 1.54) is 22.5 Å². The number of thiazole rings is 1. The first-order chi connectivity index (χ1) is 12.3. The van der Waals surface area contributed by atoms with E-state index in [0.29, 0.717) is 5.92 Å². The number of rotatable bonds is 3. The Labute approximate surface area is 150 Å². The molecule has 3 heterocycles. The van der Waals surface area contributed by atoms with Gasteiger partial charge in [-0.15, -0.1) is 11.3 Å². The molecule has 1 aliphatic rings. The summed E-state index contributed by atoms with van der Waals surface area (Å²) in [7, 11) is 0. The molecule has 0 amide bonds. The van der Waals surface area contributed by atoms with Crippen molar-refractivity contribution < 1.29 is 4.42 Å². The van der Waals surface area contributed by atoms with Gasteiger partial charge in [0.05, 0.1) is 21.8 Å². The van der Waals surface area contributed by atoms with E-state index in [0.717, 1.165) is 42.1 Å². The van der Waals surface area contributed by atoms with Gasteiger partial charge in [-0.05, 0) is 43.7 Å². The SMILES string of the molecule is c1ccc2oc(CN3CCCC(c4nc5ccccc5s4)C3)nc2c1. The molecule has 5 rings (SSSR count). The van der Waals surface area contributed by atoms with Crippen molar-refractivity contribution in [2.24, 2.45) is 0 Å². The van der Waals surface area contributed by atoms with Crippen molar-refractivity contribution in [2.75, 3.05) is 13.1 Å². The molecule has 2 aromatic heterocycles. The highest BCUT2D eigenvalue weighted by Crippen LogP contribution is 2.33. The summed E-state index contributed by atoms with van der Waals surface area (Å²) in [5, 5.41) is 1.27. The summed E-state index contributed by atoms with van der Waals surface area (Å²) in [6.45, 7) is 2.90. The van der Waals surface area contributed by atoms with Gasteiger partial charge >= 0.3 is 0 Å². The lowest BCUT2D eigenvalue weighted by Gasteiger charge is -2.30. The van der Waals surface area contributed by atoms with Crippen molar-refractivity contribution in [3.8, 4) is 0 Å². The highest BCUT2D eigenvalue weighted by Gasteiger charge is 2.25. The number of likely N-dealkylation sites (tertiary alicyclic amines) is 1. The third kappa shape index (κ3) is 2.94. The van der Waals surface area contributed by atoms with E-state index in [4.69, 9.17) is 9.40 Å². The Kier molecular flexibility index (Phi) is 3.76. The average molecular weight is 349 g/mol. The monoisotopic (exact) mass is 349 g/mol. The fourth-order valence-electron chi connectivity index (χ4n) is 3.64. The normalized spacial score (nSPS) is 19.0. The lowest BCUT2D eigenvalue weighted by molar-refractivity contribution is 0.185. The van der Waals surface area contributed by atoms with Crippen LogP contribution in [0.4, 0.5) is 0 Å². The lowest BCUT2D eigenvalue weighted by atomic mass is 9.99. The second-order valence-electron chi connectivity index (χ2n) is 6.67. The molecule has 1 unspecified atom stereocenters. The van der Waals surface area contributed by atoms with E-state index >= 15 is 0 Å². The van der Waals surface area contributed by atoms with Crippen LogP contribution in [-0.4, -0.2) is 28.0 Å². The number of hydrogen-bond donors (Lipinski definition) is 0. The van der Waals surface area contributed by atoms with Crippen LogP contribution in [0.1, 0.15) is 29.7 Å². The van der Waals surface area contributed by atoms with Gasteiger partial charge in [0.15, 0.2) is 5.58 Å². The first-order valence-corrected chi connectivity index (χ1v) is 9.59. The molecule has 0 N–H and O–H groups in total. The largest absolute Gasteiger partial charge is 0.439 e. The summed E-state index contributed by atoms with van der Waals surface area (Å²) in [6, 6.07) is 16.4. The molecule has 0 radical (unpaired) electrons. The molecule has 25 heavy (non-hydrogen) atoms. The van der Waals surface area contributed by atoms with Crippen molar-refractivity contribution in [2.45, 2.75) is 25.3 Å². The van der Waals surface area contributed by atoms with Crippen molar-refractivity contribution in [3.63, 3.8) is 0 Å². The highest BCUT2D eigenvalue weighted by atomic mass is 32.1. The van der Waals surface area contributed by atoms with Crippen LogP contribution in [0.25, 0.3) is 21.3 Å². The van der Waals surface area contributed by atoms with Crippen LogP contribution in [0, 0.1) is 0 Å². The third-order valence-electron chi connectivity index (χ3n) is 4.86. The Morgan fingerprint density at radius 3 is 2.76 bits per heavy atom. The van der Waals surface area contributed by atoms with Gasteiger partial charge in [-0.1, -0.05) is 24.3 Å². The minimum Gasteiger partial charge on any atom is -0.439 e.